The summed E-state index contributed by atoms with van der Waals surface area (Å²) in [4.78, 5) is 15.5. The van der Waals surface area contributed by atoms with Gasteiger partial charge in [-0.15, -0.1) is 11.3 Å². The van der Waals surface area contributed by atoms with Gasteiger partial charge in [-0.05, 0) is 36.3 Å². The molecule has 2 fully saturated rings. The first-order chi connectivity index (χ1) is 10.2. The average Bonchev–Trinajstić information content (AvgIpc) is 3.16. The van der Waals surface area contributed by atoms with E-state index >= 15 is 0 Å². The molecule has 1 aromatic rings. The molecule has 1 aliphatic carbocycles. The first-order valence-corrected chi connectivity index (χ1v) is 8.64. The molecule has 0 N–H and O–H groups in total. The van der Waals surface area contributed by atoms with Gasteiger partial charge in [0.15, 0.2) is 5.79 Å². The van der Waals surface area contributed by atoms with Crippen molar-refractivity contribution in [1.82, 2.24) is 4.90 Å². The maximum absolute atomic E-state index is 12.7. The van der Waals surface area contributed by atoms with E-state index in [0.717, 1.165) is 42.5 Å². The van der Waals surface area contributed by atoms with E-state index in [0.29, 0.717) is 19.3 Å². The summed E-state index contributed by atoms with van der Waals surface area (Å²) < 4.78 is 11.5. The number of carbonyl (C=O) groups is 1. The number of hydrogen-bond acceptors (Lipinski definition) is 4. The summed E-state index contributed by atoms with van der Waals surface area (Å²) in [6.45, 7) is 3.50. The van der Waals surface area contributed by atoms with E-state index < -0.39 is 0 Å². The van der Waals surface area contributed by atoms with Crippen molar-refractivity contribution in [3.63, 3.8) is 0 Å². The van der Waals surface area contributed by atoms with E-state index in [1.807, 2.05) is 17.3 Å². The van der Waals surface area contributed by atoms with Gasteiger partial charge in [0.1, 0.15) is 0 Å². The lowest BCUT2D eigenvalue weighted by Crippen LogP contribution is -2.44. The number of amides is 1. The minimum Gasteiger partial charge on any atom is -0.348 e. The highest BCUT2D eigenvalue weighted by Crippen LogP contribution is 2.37. The van der Waals surface area contributed by atoms with E-state index in [4.69, 9.17) is 9.47 Å². The molecule has 4 nitrogen and oxygen atoms in total. The Morgan fingerprint density at radius 2 is 2.05 bits per heavy atom. The molecule has 2 heterocycles. The van der Waals surface area contributed by atoms with Crippen molar-refractivity contribution < 1.29 is 14.3 Å². The standard InChI is InChI=1S/C16H23NO3S/c1-3-12-6-11-21-14(12)15(18)17(2)13-4-7-16(8-5-13)19-9-10-20-16/h6,11,13H,3-5,7-10H2,1-2H3. The summed E-state index contributed by atoms with van der Waals surface area (Å²) in [6, 6.07) is 2.35. The molecular weight excluding hydrogens is 286 g/mol. The fourth-order valence-corrected chi connectivity index (χ4v) is 4.32. The smallest absolute Gasteiger partial charge is 0.264 e. The highest BCUT2D eigenvalue weighted by atomic mass is 32.1. The second kappa shape index (κ2) is 6.07. The monoisotopic (exact) mass is 309 g/mol. The van der Waals surface area contributed by atoms with E-state index in [1.54, 1.807) is 11.3 Å². The maximum atomic E-state index is 12.7. The van der Waals surface area contributed by atoms with Crippen LogP contribution in [0.15, 0.2) is 11.4 Å². The molecule has 116 valence electrons. The highest BCUT2D eigenvalue weighted by Gasteiger charge is 2.41. The number of hydrogen-bond donors (Lipinski definition) is 0. The molecule has 0 aromatic carbocycles. The van der Waals surface area contributed by atoms with Gasteiger partial charge >= 0.3 is 0 Å². The molecule has 0 unspecified atom stereocenters. The van der Waals surface area contributed by atoms with E-state index in [9.17, 15) is 4.79 Å². The summed E-state index contributed by atoms with van der Waals surface area (Å²) in [5.74, 6) is -0.186. The summed E-state index contributed by atoms with van der Waals surface area (Å²) in [6.07, 6.45) is 4.60. The van der Waals surface area contributed by atoms with E-state index in [2.05, 4.69) is 13.0 Å². The first-order valence-electron chi connectivity index (χ1n) is 7.76. The molecule has 0 radical (unpaired) electrons. The molecule has 1 saturated heterocycles. The van der Waals surface area contributed by atoms with Gasteiger partial charge in [-0.3, -0.25) is 4.79 Å². The molecule has 1 aromatic heterocycles. The average molecular weight is 309 g/mol. The third-order valence-electron chi connectivity index (χ3n) is 4.72. The predicted molar refractivity (Wildman–Crippen MR) is 82.7 cm³/mol. The van der Waals surface area contributed by atoms with Gasteiger partial charge in [0, 0.05) is 25.9 Å². The Hall–Kier alpha value is -0.910. The summed E-state index contributed by atoms with van der Waals surface area (Å²) in [5.41, 5.74) is 1.16. The minimum atomic E-state index is -0.349. The fourth-order valence-electron chi connectivity index (χ4n) is 3.34. The van der Waals surface area contributed by atoms with Gasteiger partial charge in [-0.2, -0.15) is 0 Å². The van der Waals surface area contributed by atoms with Crippen LogP contribution >= 0.6 is 11.3 Å². The zero-order valence-corrected chi connectivity index (χ0v) is 13.6. The SMILES string of the molecule is CCc1ccsc1C(=O)N(C)C1CCC2(CC1)OCCO2. The van der Waals surface area contributed by atoms with Crippen LogP contribution in [0.25, 0.3) is 0 Å². The van der Waals surface area contributed by atoms with Crippen LogP contribution in [-0.4, -0.2) is 42.9 Å². The predicted octanol–water partition coefficient (Wildman–Crippen LogP) is 3.07. The number of rotatable bonds is 3. The molecule has 1 saturated carbocycles. The normalized spacial score (nSPS) is 21.8. The topological polar surface area (TPSA) is 38.8 Å². The van der Waals surface area contributed by atoms with Gasteiger partial charge in [0.2, 0.25) is 0 Å². The largest absolute Gasteiger partial charge is 0.348 e. The summed E-state index contributed by atoms with van der Waals surface area (Å²) >= 11 is 1.55. The molecule has 5 heteroatoms. The van der Waals surface area contributed by atoms with Crippen molar-refractivity contribution in [2.75, 3.05) is 20.3 Å². The van der Waals surface area contributed by atoms with Gasteiger partial charge in [0.25, 0.3) is 5.91 Å². The van der Waals surface area contributed by atoms with Crippen molar-refractivity contribution in [2.45, 2.75) is 50.9 Å². The second-order valence-corrected chi connectivity index (χ2v) is 6.80. The molecule has 21 heavy (non-hydrogen) atoms. The molecular formula is C16H23NO3S. The molecule has 1 aliphatic heterocycles. The quantitative estimate of drug-likeness (QED) is 0.861. The van der Waals surface area contributed by atoms with Gasteiger partial charge < -0.3 is 14.4 Å². The van der Waals surface area contributed by atoms with Gasteiger partial charge in [-0.1, -0.05) is 6.92 Å². The molecule has 2 aliphatic rings. The molecule has 1 spiro atoms. The third kappa shape index (κ3) is 2.87. The van der Waals surface area contributed by atoms with Crippen LogP contribution in [0.2, 0.25) is 0 Å². The van der Waals surface area contributed by atoms with Crippen molar-refractivity contribution in [2.24, 2.45) is 0 Å². The Labute approximate surface area is 130 Å². The summed E-state index contributed by atoms with van der Waals surface area (Å²) in [7, 11) is 1.93. The number of ether oxygens (including phenoxy) is 2. The second-order valence-electron chi connectivity index (χ2n) is 5.88. The zero-order valence-electron chi connectivity index (χ0n) is 12.8. The molecule has 0 bridgehead atoms. The number of aryl methyl sites for hydroxylation is 1. The van der Waals surface area contributed by atoms with Crippen LogP contribution in [0.4, 0.5) is 0 Å². The van der Waals surface area contributed by atoms with Crippen molar-refractivity contribution >= 4 is 17.2 Å². The van der Waals surface area contributed by atoms with Gasteiger partial charge in [-0.25, -0.2) is 0 Å². The Morgan fingerprint density at radius 1 is 1.38 bits per heavy atom. The van der Waals surface area contributed by atoms with E-state index in [-0.39, 0.29) is 11.7 Å². The van der Waals surface area contributed by atoms with E-state index in [1.165, 1.54) is 0 Å². The van der Waals surface area contributed by atoms with Crippen LogP contribution in [0.1, 0.15) is 47.8 Å². The molecule has 3 rings (SSSR count). The maximum Gasteiger partial charge on any atom is 0.264 e. The van der Waals surface area contributed by atoms with Crippen molar-refractivity contribution in [3.8, 4) is 0 Å². The number of thiophene rings is 1. The Balaban J connectivity index is 1.63. The van der Waals surface area contributed by atoms with Crippen LogP contribution < -0.4 is 0 Å². The summed E-state index contributed by atoms with van der Waals surface area (Å²) in [5, 5.41) is 2.01. The van der Waals surface area contributed by atoms with Crippen LogP contribution in [0, 0.1) is 0 Å². The first kappa shape index (κ1) is 15.0. The molecule has 1 amide bonds. The van der Waals surface area contributed by atoms with Crippen molar-refractivity contribution in [1.29, 1.82) is 0 Å². The van der Waals surface area contributed by atoms with Crippen molar-refractivity contribution in [3.05, 3.63) is 21.9 Å². The van der Waals surface area contributed by atoms with Gasteiger partial charge in [0.05, 0.1) is 18.1 Å². The van der Waals surface area contributed by atoms with Crippen LogP contribution in [0.3, 0.4) is 0 Å². The fraction of sp³-hybridized carbons (Fsp3) is 0.688. The minimum absolute atomic E-state index is 0.163. The van der Waals surface area contributed by atoms with Crippen LogP contribution in [0.5, 0.6) is 0 Å². The lowest BCUT2D eigenvalue weighted by atomic mass is 9.89. The Bertz CT molecular complexity index is 497. The zero-order chi connectivity index (χ0) is 14.9. The third-order valence-corrected chi connectivity index (χ3v) is 5.67. The Kier molecular flexibility index (Phi) is 4.33. The highest BCUT2D eigenvalue weighted by molar-refractivity contribution is 7.12. The molecule has 0 atom stereocenters. The Morgan fingerprint density at radius 3 is 2.67 bits per heavy atom. The lowest BCUT2D eigenvalue weighted by Gasteiger charge is -2.39. The van der Waals surface area contributed by atoms with Crippen LogP contribution in [-0.2, 0) is 15.9 Å². The lowest BCUT2D eigenvalue weighted by molar-refractivity contribution is -0.182. The number of carbonyl (C=O) groups excluding carboxylic acids is 1. The number of nitrogens with zero attached hydrogens (tertiary/aromatic N) is 1.